The Morgan fingerprint density at radius 1 is 1.64 bits per heavy atom. The Morgan fingerprint density at radius 2 is 2.21 bits per heavy atom. The van der Waals surface area contributed by atoms with Gasteiger partial charge in [0, 0.05) is 20.7 Å². The van der Waals surface area contributed by atoms with Gasteiger partial charge in [0.15, 0.2) is 0 Å². The molecule has 0 saturated heterocycles. The molecule has 0 spiro atoms. The molecule has 14 heavy (non-hydrogen) atoms. The predicted octanol–water partition coefficient (Wildman–Crippen LogP) is 0.219. The zero-order valence-electron chi connectivity index (χ0n) is 9.25. The second-order valence-electron chi connectivity index (χ2n) is 4.20. The molecular weight excluding hydrogens is 180 g/mol. The highest BCUT2D eigenvalue weighted by Gasteiger charge is 2.50. The van der Waals surface area contributed by atoms with Crippen LogP contribution in [0.25, 0.3) is 0 Å². The van der Waals surface area contributed by atoms with Crippen LogP contribution < -0.4 is 5.73 Å². The lowest BCUT2D eigenvalue weighted by molar-refractivity contribution is -0.138. The van der Waals surface area contributed by atoms with E-state index in [0.717, 1.165) is 12.8 Å². The van der Waals surface area contributed by atoms with E-state index in [1.165, 1.54) is 0 Å². The average Bonchev–Trinajstić information content (AvgIpc) is 2.96. The van der Waals surface area contributed by atoms with Crippen LogP contribution in [-0.2, 0) is 9.53 Å². The molecule has 4 heteroatoms. The summed E-state index contributed by atoms with van der Waals surface area (Å²) in [6, 6.07) is 0.122. The average molecular weight is 200 g/mol. The Morgan fingerprint density at radius 3 is 2.57 bits per heavy atom. The van der Waals surface area contributed by atoms with Crippen molar-refractivity contribution in [3.8, 4) is 0 Å². The number of hydrogen-bond acceptors (Lipinski definition) is 3. The summed E-state index contributed by atoms with van der Waals surface area (Å²) < 4.78 is 5.02. The molecule has 1 aliphatic carbocycles. The highest BCUT2D eigenvalue weighted by atomic mass is 16.5. The topological polar surface area (TPSA) is 55.6 Å². The van der Waals surface area contributed by atoms with Crippen LogP contribution in [0.5, 0.6) is 0 Å². The van der Waals surface area contributed by atoms with Crippen molar-refractivity contribution in [3.05, 3.63) is 0 Å². The van der Waals surface area contributed by atoms with Crippen molar-refractivity contribution in [1.82, 2.24) is 4.90 Å². The largest absolute Gasteiger partial charge is 0.383 e. The number of carbonyl (C=O) groups is 1. The van der Waals surface area contributed by atoms with Crippen LogP contribution in [0.1, 0.15) is 19.8 Å². The summed E-state index contributed by atoms with van der Waals surface area (Å²) in [5, 5.41) is 0. The molecule has 1 unspecified atom stereocenters. The van der Waals surface area contributed by atoms with Crippen molar-refractivity contribution in [3.63, 3.8) is 0 Å². The normalized spacial score (nSPS) is 20.3. The van der Waals surface area contributed by atoms with E-state index in [2.05, 4.69) is 0 Å². The summed E-state index contributed by atoms with van der Waals surface area (Å²) in [6.45, 7) is 3.02. The van der Waals surface area contributed by atoms with Crippen LogP contribution in [0.15, 0.2) is 0 Å². The lowest BCUT2D eigenvalue weighted by Crippen LogP contribution is -2.44. The summed E-state index contributed by atoms with van der Waals surface area (Å²) in [5.74, 6) is 0.171. The smallest absolute Gasteiger partial charge is 0.230 e. The summed E-state index contributed by atoms with van der Waals surface area (Å²) >= 11 is 0. The number of ether oxygens (including phenoxy) is 1. The highest BCUT2D eigenvalue weighted by Crippen LogP contribution is 2.46. The lowest BCUT2D eigenvalue weighted by atomic mass is 10.1. The number of nitrogens with two attached hydrogens (primary N) is 1. The first-order valence-electron chi connectivity index (χ1n) is 5.03. The maximum Gasteiger partial charge on any atom is 0.230 e. The number of likely N-dealkylation sites (N-methyl/N-ethyl adjacent to an activating group) is 1. The van der Waals surface area contributed by atoms with Crippen LogP contribution in [0.2, 0.25) is 0 Å². The van der Waals surface area contributed by atoms with Crippen LogP contribution >= 0.6 is 0 Å². The van der Waals surface area contributed by atoms with E-state index in [1.807, 2.05) is 14.0 Å². The number of carbonyl (C=O) groups excluding carboxylic acids is 1. The van der Waals surface area contributed by atoms with Gasteiger partial charge < -0.3 is 15.4 Å². The summed E-state index contributed by atoms with van der Waals surface area (Å²) in [6.07, 6.45) is 1.87. The Kier molecular flexibility index (Phi) is 3.50. The SMILES string of the molecule is COCC(C)N(C)C(=O)C1(CN)CC1. The highest BCUT2D eigenvalue weighted by molar-refractivity contribution is 5.85. The van der Waals surface area contributed by atoms with Gasteiger partial charge in [-0.2, -0.15) is 0 Å². The van der Waals surface area contributed by atoms with Gasteiger partial charge in [-0.25, -0.2) is 0 Å². The van der Waals surface area contributed by atoms with Gasteiger partial charge in [-0.05, 0) is 19.8 Å². The fourth-order valence-corrected chi connectivity index (χ4v) is 1.58. The van der Waals surface area contributed by atoms with Crippen molar-refractivity contribution >= 4 is 5.91 Å². The van der Waals surface area contributed by atoms with Crippen molar-refractivity contribution in [1.29, 1.82) is 0 Å². The number of amides is 1. The number of methoxy groups -OCH3 is 1. The molecule has 1 amide bonds. The van der Waals surface area contributed by atoms with Crippen LogP contribution in [-0.4, -0.2) is 44.2 Å². The first kappa shape index (κ1) is 11.5. The van der Waals surface area contributed by atoms with Gasteiger partial charge in [0.1, 0.15) is 0 Å². The maximum atomic E-state index is 12.0. The molecular formula is C10H20N2O2. The molecule has 0 aromatic carbocycles. The van der Waals surface area contributed by atoms with Crippen molar-refractivity contribution < 1.29 is 9.53 Å². The number of rotatable bonds is 5. The fourth-order valence-electron chi connectivity index (χ4n) is 1.58. The lowest BCUT2D eigenvalue weighted by Gasteiger charge is -2.28. The summed E-state index contributed by atoms with van der Waals surface area (Å²) in [7, 11) is 3.46. The third-order valence-corrected chi connectivity index (χ3v) is 3.09. The molecule has 82 valence electrons. The molecule has 0 radical (unpaired) electrons. The molecule has 1 rings (SSSR count). The molecule has 0 aliphatic heterocycles. The van der Waals surface area contributed by atoms with Gasteiger partial charge in [-0.15, -0.1) is 0 Å². The number of nitrogens with zero attached hydrogens (tertiary/aromatic N) is 1. The summed E-state index contributed by atoms with van der Waals surface area (Å²) in [5.41, 5.74) is 5.36. The Labute approximate surface area is 85.4 Å². The first-order valence-corrected chi connectivity index (χ1v) is 5.03. The first-order chi connectivity index (χ1) is 6.57. The van der Waals surface area contributed by atoms with Gasteiger partial charge >= 0.3 is 0 Å². The zero-order valence-corrected chi connectivity index (χ0v) is 9.25. The van der Waals surface area contributed by atoms with E-state index in [1.54, 1.807) is 12.0 Å². The van der Waals surface area contributed by atoms with E-state index in [9.17, 15) is 4.79 Å². The van der Waals surface area contributed by atoms with E-state index in [0.29, 0.717) is 13.2 Å². The zero-order chi connectivity index (χ0) is 10.8. The minimum absolute atomic E-state index is 0.122. The maximum absolute atomic E-state index is 12.0. The minimum Gasteiger partial charge on any atom is -0.383 e. The molecule has 0 aromatic heterocycles. The van der Waals surface area contributed by atoms with Gasteiger partial charge in [0.05, 0.1) is 18.1 Å². The molecule has 1 saturated carbocycles. The van der Waals surface area contributed by atoms with Gasteiger partial charge in [0.25, 0.3) is 0 Å². The van der Waals surface area contributed by atoms with Crippen LogP contribution in [0, 0.1) is 5.41 Å². The predicted molar refractivity (Wildman–Crippen MR) is 54.8 cm³/mol. The van der Waals surface area contributed by atoms with Gasteiger partial charge in [-0.1, -0.05) is 0 Å². The van der Waals surface area contributed by atoms with Gasteiger partial charge in [-0.3, -0.25) is 4.79 Å². The Balaban J connectivity index is 2.52. The van der Waals surface area contributed by atoms with Crippen molar-refractivity contribution in [2.75, 3.05) is 27.3 Å². The van der Waals surface area contributed by atoms with Gasteiger partial charge in [0.2, 0.25) is 5.91 Å². The third-order valence-electron chi connectivity index (χ3n) is 3.09. The van der Waals surface area contributed by atoms with Crippen molar-refractivity contribution in [2.45, 2.75) is 25.8 Å². The van der Waals surface area contributed by atoms with E-state index in [-0.39, 0.29) is 17.4 Å². The van der Waals surface area contributed by atoms with Crippen LogP contribution in [0.3, 0.4) is 0 Å². The standard InChI is InChI=1S/C10H20N2O2/c1-8(6-14-3)12(2)9(13)10(7-11)4-5-10/h8H,4-7,11H2,1-3H3. The minimum atomic E-state index is -0.239. The fraction of sp³-hybridized carbons (Fsp3) is 0.900. The molecule has 1 aliphatic rings. The molecule has 4 nitrogen and oxygen atoms in total. The Hall–Kier alpha value is -0.610. The molecule has 0 bridgehead atoms. The second-order valence-corrected chi connectivity index (χ2v) is 4.20. The molecule has 2 N–H and O–H groups in total. The van der Waals surface area contributed by atoms with Crippen molar-refractivity contribution in [2.24, 2.45) is 11.1 Å². The van der Waals surface area contributed by atoms with E-state index >= 15 is 0 Å². The van der Waals surface area contributed by atoms with E-state index < -0.39 is 0 Å². The molecule has 1 fully saturated rings. The summed E-state index contributed by atoms with van der Waals surface area (Å²) in [4.78, 5) is 13.7. The Bertz CT molecular complexity index is 214. The molecule has 0 aromatic rings. The monoisotopic (exact) mass is 200 g/mol. The second kappa shape index (κ2) is 4.28. The number of hydrogen-bond donors (Lipinski definition) is 1. The van der Waals surface area contributed by atoms with E-state index in [4.69, 9.17) is 10.5 Å². The molecule has 0 heterocycles. The third kappa shape index (κ3) is 2.07. The molecule has 1 atom stereocenters. The van der Waals surface area contributed by atoms with Crippen LogP contribution in [0.4, 0.5) is 0 Å². The quantitative estimate of drug-likeness (QED) is 0.690.